The van der Waals surface area contributed by atoms with E-state index >= 15 is 0 Å². The highest BCUT2D eigenvalue weighted by Crippen LogP contribution is 2.26. The number of fused-ring (bicyclic) bond motifs is 1. The number of ether oxygens (including phenoxy) is 2. The number of carboxylic acid groups (broad SMARTS) is 1. The molecule has 23 heavy (non-hydrogen) atoms. The van der Waals surface area contributed by atoms with Gasteiger partial charge in [-0.05, 0) is 63.3 Å². The van der Waals surface area contributed by atoms with E-state index in [4.69, 9.17) is 14.6 Å². The van der Waals surface area contributed by atoms with Gasteiger partial charge in [-0.15, -0.1) is 0 Å². The van der Waals surface area contributed by atoms with Crippen molar-refractivity contribution in [3.8, 4) is 5.75 Å². The lowest BCUT2D eigenvalue weighted by Crippen LogP contribution is -2.41. The van der Waals surface area contributed by atoms with Crippen molar-refractivity contribution in [3.05, 3.63) is 29.3 Å². The van der Waals surface area contributed by atoms with Gasteiger partial charge < -0.3 is 19.9 Å². The Hall–Kier alpha value is -2.24. The van der Waals surface area contributed by atoms with E-state index in [0.29, 0.717) is 12.2 Å². The SMILES string of the molecule is CC(C)(C)OC(=O)NC1CCc2ccc(OCC(=O)O)cc2C1. The minimum Gasteiger partial charge on any atom is -0.482 e. The molecular weight excluding hydrogens is 298 g/mol. The first-order valence-corrected chi connectivity index (χ1v) is 7.69. The molecule has 1 unspecified atom stereocenters. The van der Waals surface area contributed by atoms with Crippen LogP contribution in [0.15, 0.2) is 18.2 Å². The number of carbonyl (C=O) groups is 2. The van der Waals surface area contributed by atoms with Crippen LogP contribution in [0.5, 0.6) is 5.75 Å². The number of benzene rings is 1. The minimum atomic E-state index is -1.01. The van der Waals surface area contributed by atoms with E-state index in [-0.39, 0.29) is 12.6 Å². The van der Waals surface area contributed by atoms with E-state index in [1.165, 1.54) is 5.56 Å². The van der Waals surface area contributed by atoms with Crippen LogP contribution in [0.1, 0.15) is 38.3 Å². The predicted molar refractivity (Wildman–Crippen MR) is 84.8 cm³/mol. The molecular formula is C17H23NO5. The Morgan fingerprint density at radius 2 is 2.04 bits per heavy atom. The number of hydrogen-bond acceptors (Lipinski definition) is 4. The molecule has 1 aromatic rings. The molecule has 0 saturated heterocycles. The lowest BCUT2D eigenvalue weighted by atomic mass is 9.88. The summed E-state index contributed by atoms with van der Waals surface area (Å²) in [5, 5.41) is 11.6. The first kappa shape index (κ1) is 17.1. The van der Waals surface area contributed by atoms with Gasteiger partial charge in [-0.1, -0.05) is 6.07 Å². The zero-order valence-electron chi connectivity index (χ0n) is 13.7. The quantitative estimate of drug-likeness (QED) is 0.890. The Balaban J connectivity index is 1.97. The predicted octanol–water partition coefficient (Wildman–Crippen LogP) is 2.53. The lowest BCUT2D eigenvalue weighted by Gasteiger charge is -2.27. The number of aryl methyl sites for hydroxylation is 1. The van der Waals surface area contributed by atoms with Crippen LogP contribution in [-0.2, 0) is 22.4 Å². The zero-order valence-corrected chi connectivity index (χ0v) is 13.7. The summed E-state index contributed by atoms with van der Waals surface area (Å²) >= 11 is 0. The van der Waals surface area contributed by atoms with Crippen molar-refractivity contribution in [3.63, 3.8) is 0 Å². The number of aliphatic carboxylic acids is 1. The Morgan fingerprint density at radius 1 is 1.30 bits per heavy atom. The normalized spacial score (nSPS) is 17.1. The van der Waals surface area contributed by atoms with Crippen LogP contribution in [0.2, 0.25) is 0 Å². The molecule has 1 atom stereocenters. The van der Waals surface area contributed by atoms with E-state index in [1.807, 2.05) is 32.9 Å². The number of hydrogen-bond donors (Lipinski definition) is 2. The van der Waals surface area contributed by atoms with Gasteiger partial charge in [-0.25, -0.2) is 9.59 Å². The Labute approximate surface area is 135 Å². The van der Waals surface area contributed by atoms with E-state index in [2.05, 4.69) is 5.32 Å². The maximum Gasteiger partial charge on any atom is 0.407 e. The van der Waals surface area contributed by atoms with E-state index in [1.54, 1.807) is 6.07 Å². The largest absolute Gasteiger partial charge is 0.482 e. The average Bonchev–Trinajstić information content (AvgIpc) is 2.42. The molecule has 0 aromatic heterocycles. The third-order valence-corrected chi connectivity index (χ3v) is 3.49. The monoisotopic (exact) mass is 321 g/mol. The fraction of sp³-hybridized carbons (Fsp3) is 0.529. The summed E-state index contributed by atoms with van der Waals surface area (Å²) in [7, 11) is 0. The van der Waals surface area contributed by atoms with Gasteiger partial charge in [0.2, 0.25) is 0 Å². The smallest absolute Gasteiger partial charge is 0.407 e. The Morgan fingerprint density at radius 3 is 2.70 bits per heavy atom. The number of rotatable bonds is 4. The molecule has 0 aliphatic heterocycles. The van der Waals surface area contributed by atoms with Crippen molar-refractivity contribution in [2.45, 2.75) is 51.7 Å². The second-order valence-corrected chi connectivity index (χ2v) is 6.70. The summed E-state index contributed by atoms with van der Waals surface area (Å²) in [6.07, 6.45) is 1.97. The van der Waals surface area contributed by atoms with Crippen molar-refractivity contribution in [2.24, 2.45) is 0 Å². The third kappa shape index (κ3) is 5.47. The highest BCUT2D eigenvalue weighted by atomic mass is 16.6. The topological polar surface area (TPSA) is 84.9 Å². The van der Waals surface area contributed by atoms with Gasteiger partial charge in [0.1, 0.15) is 11.4 Å². The van der Waals surface area contributed by atoms with Crippen molar-refractivity contribution >= 4 is 12.1 Å². The molecule has 0 heterocycles. The Bertz CT molecular complexity index is 591. The van der Waals surface area contributed by atoms with Gasteiger partial charge in [0.25, 0.3) is 0 Å². The molecule has 6 heteroatoms. The van der Waals surface area contributed by atoms with Crippen LogP contribution < -0.4 is 10.1 Å². The fourth-order valence-corrected chi connectivity index (χ4v) is 2.57. The molecule has 1 aliphatic carbocycles. The highest BCUT2D eigenvalue weighted by molar-refractivity contribution is 5.69. The lowest BCUT2D eigenvalue weighted by molar-refractivity contribution is -0.139. The molecule has 0 fully saturated rings. The molecule has 6 nitrogen and oxygen atoms in total. The average molecular weight is 321 g/mol. The maximum absolute atomic E-state index is 11.9. The first-order valence-electron chi connectivity index (χ1n) is 7.69. The molecule has 0 bridgehead atoms. The van der Waals surface area contributed by atoms with Gasteiger partial charge in [0, 0.05) is 6.04 Å². The van der Waals surface area contributed by atoms with Gasteiger partial charge in [-0.2, -0.15) is 0 Å². The molecule has 0 saturated carbocycles. The van der Waals surface area contributed by atoms with Crippen LogP contribution in [0.4, 0.5) is 4.79 Å². The summed E-state index contributed by atoms with van der Waals surface area (Å²) in [5.41, 5.74) is 1.75. The van der Waals surface area contributed by atoms with Crippen molar-refractivity contribution in [1.82, 2.24) is 5.32 Å². The van der Waals surface area contributed by atoms with Gasteiger partial charge in [0.15, 0.2) is 6.61 Å². The molecule has 1 amide bonds. The van der Waals surface area contributed by atoms with Gasteiger partial charge in [-0.3, -0.25) is 0 Å². The summed E-state index contributed by atoms with van der Waals surface area (Å²) < 4.78 is 10.5. The van der Waals surface area contributed by atoms with E-state index in [9.17, 15) is 9.59 Å². The van der Waals surface area contributed by atoms with Crippen LogP contribution in [0.25, 0.3) is 0 Å². The molecule has 0 spiro atoms. The van der Waals surface area contributed by atoms with Crippen LogP contribution in [0.3, 0.4) is 0 Å². The number of carboxylic acids is 1. The number of carbonyl (C=O) groups excluding carboxylic acids is 1. The number of amides is 1. The van der Waals surface area contributed by atoms with Gasteiger partial charge in [0.05, 0.1) is 0 Å². The molecule has 2 rings (SSSR count). The van der Waals surface area contributed by atoms with E-state index in [0.717, 1.165) is 18.4 Å². The second-order valence-electron chi connectivity index (χ2n) is 6.70. The second kappa shape index (κ2) is 6.89. The highest BCUT2D eigenvalue weighted by Gasteiger charge is 2.23. The third-order valence-electron chi connectivity index (χ3n) is 3.49. The molecule has 2 N–H and O–H groups in total. The van der Waals surface area contributed by atoms with Crippen molar-refractivity contribution < 1.29 is 24.2 Å². The van der Waals surface area contributed by atoms with Crippen molar-refractivity contribution in [1.29, 1.82) is 0 Å². The fourth-order valence-electron chi connectivity index (χ4n) is 2.57. The molecule has 1 aliphatic rings. The maximum atomic E-state index is 11.9. The van der Waals surface area contributed by atoms with Crippen LogP contribution in [0, 0.1) is 0 Å². The van der Waals surface area contributed by atoms with Crippen molar-refractivity contribution in [2.75, 3.05) is 6.61 Å². The summed E-state index contributed by atoms with van der Waals surface area (Å²) in [6, 6.07) is 5.59. The molecule has 126 valence electrons. The first-order chi connectivity index (χ1) is 10.7. The standard InChI is InChI=1S/C17H23NO5/c1-17(2,3)23-16(21)18-13-6-4-11-5-7-14(9-12(11)8-13)22-10-15(19)20/h5,7,9,13H,4,6,8,10H2,1-3H3,(H,18,21)(H,19,20). The van der Waals surface area contributed by atoms with Crippen LogP contribution in [-0.4, -0.2) is 35.4 Å². The molecule has 1 aromatic carbocycles. The number of alkyl carbamates (subject to hydrolysis) is 1. The van der Waals surface area contributed by atoms with E-state index < -0.39 is 17.7 Å². The van der Waals surface area contributed by atoms with Crippen LogP contribution >= 0.6 is 0 Å². The summed E-state index contributed by atoms with van der Waals surface area (Å²) in [6.45, 7) is 5.12. The number of nitrogens with one attached hydrogen (secondary N) is 1. The van der Waals surface area contributed by atoms with Gasteiger partial charge >= 0.3 is 12.1 Å². The molecule has 0 radical (unpaired) electrons. The zero-order chi connectivity index (χ0) is 17.0. The summed E-state index contributed by atoms with van der Waals surface area (Å²) in [4.78, 5) is 22.4. The minimum absolute atomic E-state index is 0.00655. The Kier molecular flexibility index (Phi) is 5.13. The summed E-state index contributed by atoms with van der Waals surface area (Å²) in [5.74, 6) is -0.476.